The second kappa shape index (κ2) is 8.60. The maximum Gasteiger partial charge on any atom is 0.255 e. The van der Waals surface area contributed by atoms with Gasteiger partial charge in [0.15, 0.2) is 5.58 Å². The van der Waals surface area contributed by atoms with Crippen molar-refractivity contribution < 1.29 is 18.7 Å². The maximum absolute atomic E-state index is 12.8. The summed E-state index contributed by atoms with van der Waals surface area (Å²) < 4.78 is 17.6. The Morgan fingerprint density at radius 2 is 1.64 bits per heavy atom. The number of halogens is 1. The highest BCUT2D eigenvalue weighted by Gasteiger charge is 2.14. The SMILES string of the molecule is COc1cc(OC)cc(C(=O)Nc2ccc3oc(-c4cccc5c(Br)cccc45)nc3c2)c1. The second-order valence-corrected chi connectivity index (χ2v) is 8.25. The zero-order valence-corrected chi connectivity index (χ0v) is 19.5. The number of rotatable bonds is 5. The van der Waals surface area contributed by atoms with Gasteiger partial charge in [0.1, 0.15) is 17.0 Å². The Hall–Kier alpha value is -3.84. The lowest BCUT2D eigenvalue weighted by Gasteiger charge is -2.09. The molecular formula is C26H19BrN2O4. The number of fused-ring (bicyclic) bond motifs is 2. The first kappa shape index (κ1) is 21.0. The molecular weight excluding hydrogens is 484 g/mol. The predicted octanol–water partition coefficient (Wildman–Crippen LogP) is 6.68. The lowest BCUT2D eigenvalue weighted by molar-refractivity contribution is 0.102. The van der Waals surface area contributed by atoms with Gasteiger partial charge in [-0.15, -0.1) is 0 Å². The Labute approximate surface area is 198 Å². The molecule has 0 fully saturated rings. The van der Waals surface area contributed by atoms with Gasteiger partial charge in [0, 0.05) is 27.4 Å². The maximum atomic E-state index is 12.8. The van der Waals surface area contributed by atoms with E-state index in [1.54, 1.807) is 50.6 Å². The molecule has 4 aromatic carbocycles. The number of oxazole rings is 1. The van der Waals surface area contributed by atoms with E-state index in [1.165, 1.54) is 0 Å². The van der Waals surface area contributed by atoms with Crippen LogP contribution in [0.25, 0.3) is 33.3 Å². The molecule has 0 unspecified atom stereocenters. The molecule has 1 N–H and O–H groups in total. The first-order chi connectivity index (χ1) is 16.1. The van der Waals surface area contributed by atoms with E-state index in [0.29, 0.717) is 39.7 Å². The van der Waals surface area contributed by atoms with Crippen molar-refractivity contribution in [2.75, 3.05) is 19.5 Å². The van der Waals surface area contributed by atoms with E-state index in [0.717, 1.165) is 20.8 Å². The van der Waals surface area contributed by atoms with Gasteiger partial charge in [-0.1, -0.05) is 40.2 Å². The number of hydrogen-bond acceptors (Lipinski definition) is 5. The number of anilines is 1. The standard InChI is InChI=1S/C26H19BrN2O4/c1-31-17-11-15(12-18(14-17)32-2)25(30)28-16-9-10-24-23(13-16)29-26(33-24)21-7-3-6-20-19(21)5-4-8-22(20)27/h3-14H,1-2H3,(H,28,30). The van der Waals surface area contributed by atoms with Crippen molar-refractivity contribution in [3.05, 3.63) is 82.8 Å². The molecule has 0 saturated carbocycles. The molecule has 33 heavy (non-hydrogen) atoms. The van der Waals surface area contributed by atoms with E-state index in [9.17, 15) is 4.79 Å². The van der Waals surface area contributed by atoms with Crippen LogP contribution in [0, 0.1) is 0 Å². The number of methoxy groups -OCH3 is 2. The van der Waals surface area contributed by atoms with Gasteiger partial charge >= 0.3 is 0 Å². The molecule has 5 rings (SSSR count). The van der Waals surface area contributed by atoms with Crippen molar-refractivity contribution in [3.63, 3.8) is 0 Å². The highest BCUT2D eigenvalue weighted by atomic mass is 79.9. The van der Waals surface area contributed by atoms with Crippen molar-refractivity contribution in [2.24, 2.45) is 0 Å². The van der Waals surface area contributed by atoms with E-state index in [4.69, 9.17) is 13.9 Å². The summed E-state index contributed by atoms with van der Waals surface area (Å²) in [6.07, 6.45) is 0. The van der Waals surface area contributed by atoms with Crippen LogP contribution in [-0.2, 0) is 0 Å². The molecule has 0 aliphatic carbocycles. The van der Waals surface area contributed by atoms with Crippen LogP contribution in [0.15, 0.2) is 81.7 Å². The van der Waals surface area contributed by atoms with E-state index in [-0.39, 0.29) is 5.91 Å². The van der Waals surface area contributed by atoms with Crippen LogP contribution >= 0.6 is 15.9 Å². The summed E-state index contributed by atoms with van der Waals surface area (Å²) >= 11 is 3.60. The Balaban J connectivity index is 1.47. The van der Waals surface area contributed by atoms with Crippen molar-refractivity contribution in [1.29, 1.82) is 0 Å². The van der Waals surface area contributed by atoms with E-state index >= 15 is 0 Å². The van der Waals surface area contributed by atoms with Crippen molar-refractivity contribution >= 4 is 49.4 Å². The molecule has 1 aromatic heterocycles. The molecule has 0 spiro atoms. The fraction of sp³-hybridized carbons (Fsp3) is 0.0769. The summed E-state index contributed by atoms with van der Waals surface area (Å²) in [4.78, 5) is 17.5. The quantitative estimate of drug-likeness (QED) is 0.290. The summed E-state index contributed by atoms with van der Waals surface area (Å²) in [7, 11) is 3.09. The lowest BCUT2D eigenvalue weighted by Crippen LogP contribution is -2.12. The summed E-state index contributed by atoms with van der Waals surface area (Å²) in [6, 6.07) is 22.4. The third-order valence-electron chi connectivity index (χ3n) is 5.36. The van der Waals surface area contributed by atoms with Crippen molar-refractivity contribution in [3.8, 4) is 23.0 Å². The van der Waals surface area contributed by atoms with Gasteiger partial charge in [-0.05, 0) is 53.2 Å². The minimum absolute atomic E-state index is 0.283. The molecule has 164 valence electrons. The monoisotopic (exact) mass is 502 g/mol. The van der Waals surface area contributed by atoms with Gasteiger partial charge in [-0.3, -0.25) is 4.79 Å². The first-order valence-electron chi connectivity index (χ1n) is 10.2. The molecule has 6 nitrogen and oxygen atoms in total. The largest absolute Gasteiger partial charge is 0.497 e. The van der Waals surface area contributed by atoms with Crippen LogP contribution in [0.1, 0.15) is 10.4 Å². The molecule has 1 amide bonds. The summed E-state index contributed by atoms with van der Waals surface area (Å²) in [6.45, 7) is 0. The Kier molecular flexibility index (Phi) is 5.48. The molecule has 0 aliphatic heterocycles. The van der Waals surface area contributed by atoms with Crippen LogP contribution in [-0.4, -0.2) is 25.1 Å². The van der Waals surface area contributed by atoms with Crippen LogP contribution in [0.2, 0.25) is 0 Å². The number of nitrogens with zero attached hydrogens (tertiary/aromatic N) is 1. The molecule has 0 atom stereocenters. The highest BCUT2D eigenvalue weighted by molar-refractivity contribution is 9.10. The fourth-order valence-electron chi connectivity index (χ4n) is 3.72. The normalized spacial score (nSPS) is 11.0. The lowest BCUT2D eigenvalue weighted by atomic mass is 10.0. The van der Waals surface area contributed by atoms with Crippen LogP contribution < -0.4 is 14.8 Å². The zero-order chi connectivity index (χ0) is 22.9. The number of hydrogen-bond donors (Lipinski definition) is 1. The molecule has 5 aromatic rings. The number of nitrogens with one attached hydrogen (secondary N) is 1. The number of carbonyl (C=O) groups excluding carboxylic acids is 1. The number of ether oxygens (including phenoxy) is 2. The average molecular weight is 503 g/mol. The van der Waals surface area contributed by atoms with Crippen molar-refractivity contribution in [2.45, 2.75) is 0 Å². The van der Waals surface area contributed by atoms with Gasteiger partial charge < -0.3 is 19.2 Å². The highest BCUT2D eigenvalue weighted by Crippen LogP contribution is 2.34. The summed E-state index contributed by atoms with van der Waals surface area (Å²) in [5, 5.41) is 5.02. The molecule has 7 heteroatoms. The number of carbonyl (C=O) groups is 1. The van der Waals surface area contributed by atoms with Gasteiger partial charge in [0.2, 0.25) is 5.89 Å². The number of aromatic nitrogens is 1. The molecule has 0 aliphatic rings. The predicted molar refractivity (Wildman–Crippen MR) is 132 cm³/mol. The second-order valence-electron chi connectivity index (χ2n) is 7.40. The van der Waals surface area contributed by atoms with Gasteiger partial charge in [0.05, 0.1) is 14.2 Å². The van der Waals surface area contributed by atoms with E-state index in [1.807, 2.05) is 36.4 Å². The minimum Gasteiger partial charge on any atom is -0.497 e. The van der Waals surface area contributed by atoms with E-state index < -0.39 is 0 Å². The Morgan fingerprint density at radius 1 is 0.909 bits per heavy atom. The number of amides is 1. The van der Waals surface area contributed by atoms with E-state index in [2.05, 4.69) is 26.2 Å². The van der Waals surface area contributed by atoms with Gasteiger partial charge in [-0.25, -0.2) is 4.98 Å². The van der Waals surface area contributed by atoms with Crippen molar-refractivity contribution in [1.82, 2.24) is 4.98 Å². The minimum atomic E-state index is -0.283. The Bertz CT molecular complexity index is 1490. The average Bonchev–Trinajstić information content (AvgIpc) is 3.27. The van der Waals surface area contributed by atoms with Crippen LogP contribution in [0.3, 0.4) is 0 Å². The summed E-state index contributed by atoms with van der Waals surface area (Å²) in [5.74, 6) is 1.32. The fourth-order valence-corrected chi connectivity index (χ4v) is 4.22. The third-order valence-corrected chi connectivity index (χ3v) is 6.05. The molecule has 0 saturated heterocycles. The van der Waals surface area contributed by atoms with Gasteiger partial charge in [0.25, 0.3) is 5.91 Å². The number of benzene rings is 4. The van der Waals surface area contributed by atoms with Crippen LogP contribution in [0.4, 0.5) is 5.69 Å². The summed E-state index contributed by atoms with van der Waals surface area (Å²) in [5.41, 5.74) is 3.22. The van der Waals surface area contributed by atoms with Crippen LogP contribution in [0.5, 0.6) is 11.5 Å². The van der Waals surface area contributed by atoms with Gasteiger partial charge in [-0.2, -0.15) is 0 Å². The molecule has 0 bridgehead atoms. The smallest absolute Gasteiger partial charge is 0.255 e. The topological polar surface area (TPSA) is 73.6 Å². The third kappa shape index (κ3) is 4.03. The Morgan fingerprint density at radius 3 is 2.39 bits per heavy atom. The molecule has 1 heterocycles. The molecule has 0 radical (unpaired) electrons. The zero-order valence-electron chi connectivity index (χ0n) is 17.9. The first-order valence-corrected chi connectivity index (χ1v) is 11.0.